The second-order valence-electron chi connectivity index (χ2n) is 7.88. The number of benzene rings is 1. The molecule has 150 valence electrons. The molecule has 0 aliphatic rings. The summed E-state index contributed by atoms with van der Waals surface area (Å²) < 4.78 is 0. The molecule has 0 amide bonds. The van der Waals surface area contributed by atoms with Crippen LogP contribution in [0.15, 0.2) is 28.0 Å². The third kappa shape index (κ3) is 13.1. The summed E-state index contributed by atoms with van der Waals surface area (Å²) in [5.74, 6) is 0. The van der Waals surface area contributed by atoms with Crippen LogP contribution in [0.5, 0.6) is 0 Å². The minimum atomic E-state index is 0.976. The van der Waals surface area contributed by atoms with Crippen molar-refractivity contribution < 1.29 is 0 Å². The van der Waals surface area contributed by atoms with E-state index in [0.29, 0.717) is 0 Å². The molecule has 0 atom stereocenters. The zero-order valence-electron chi connectivity index (χ0n) is 17.1. The van der Waals surface area contributed by atoms with E-state index in [4.69, 9.17) is 0 Å². The lowest BCUT2D eigenvalue weighted by Crippen LogP contribution is -1.87. The molecule has 0 nitrogen and oxygen atoms in total. The van der Waals surface area contributed by atoms with Crippen molar-refractivity contribution in [2.45, 2.75) is 126 Å². The van der Waals surface area contributed by atoms with Gasteiger partial charge in [-0.25, -0.2) is 0 Å². The maximum absolute atomic E-state index is 4.45. The summed E-state index contributed by atoms with van der Waals surface area (Å²) in [4.78, 5) is 1.98. The van der Waals surface area contributed by atoms with Crippen LogP contribution >= 0.6 is 25.3 Å². The Hall–Kier alpha value is -0.0800. The van der Waals surface area contributed by atoms with E-state index in [9.17, 15) is 0 Å². The molecule has 0 aliphatic carbocycles. The topological polar surface area (TPSA) is 0 Å². The van der Waals surface area contributed by atoms with Crippen molar-refractivity contribution in [1.82, 2.24) is 0 Å². The van der Waals surface area contributed by atoms with Gasteiger partial charge in [-0.05, 0) is 30.5 Å². The van der Waals surface area contributed by atoms with Gasteiger partial charge in [-0.1, -0.05) is 109 Å². The second-order valence-corrected chi connectivity index (χ2v) is 8.84. The van der Waals surface area contributed by atoms with E-state index in [1.54, 1.807) is 0 Å². The van der Waals surface area contributed by atoms with E-state index >= 15 is 0 Å². The quantitative estimate of drug-likeness (QED) is 0.191. The molecule has 0 fully saturated rings. The van der Waals surface area contributed by atoms with E-state index in [-0.39, 0.29) is 0 Å². The van der Waals surface area contributed by atoms with Crippen LogP contribution in [0.25, 0.3) is 0 Å². The predicted molar refractivity (Wildman–Crippen MR) is 124 cm³/mol. The van der Waals surface area contributed by atoms with Crippen LogP contribution in [0.1, 0.15) is 115 Å². The lowest BCUT2D eigenvalue weighted by Gasteiger charge is -2.05. The fraction of sp³-hybridized carbons (Fsp3) is 0.750. The smallest absolute Gasteiger partial charge is 0.0176 e. The lowest BCUT2D eigenvalue weighted by atomic mass is 10.0. The van der Waals surface area contributed by atoms with Gasteiger partial charge in [0.15, 0.2) is 0 Å². The first-order valence-corrected chi connectivity index (χ1v) is 12.1. The number of hydrogen-bond donors (Lipinski definition) is 2. The first kappa shape index (κ1) is 24.0. The van der Waals surface area contributed by atoms with Crippen molar-refractivity contribution in [3.05, 3.63) is 23.8 Å². The monoisotopic (exact) mass is 394 g/mol. The van der Waals surface area contributed by atoms with Gasteiger partial charge in [-0.2, -0.15) is 0 Å². The molecule has 0 N–H and O–H groups in total. The average Bonchev–Trinajstić information content (AvgIpc) is 2.64. The Morgan fingerprint density at radius 1 is 0.538 bits per heavy atom. The Balaban J connectivity index is 1.79. The second kappa shape index (κ2) is 17.0. The molecular formula is C24H42S2. The number of hydrogen-bond acceptors (Lipinski definition) is 2. The van der Waals surface area contributed by atoms with Crippen LogP contribution in [0.2, 0.25) is 0 Å². The molecule has 1 aromatic rings. The third-order valence-electron chi connectivity index (χ3n) is 5.36. The van der Waals surface area contributed by atoms with Crippen molar-refractivity contribution in [3.8, 4) is 0 Å². The fourth-order valence-corrected chi connectivity index (χ4v) is 3.98. The van der Waals surface area contributed by atoms with Crippen LogP contribution in [0, 0.1) is 0 Å². The average molecular weight is 395 g/mol. The van der Waals surface area contributed by atoms with Gasteiger partial charge in [0.1, 0.15) is 0 Å². The van der Waals surface area contributed by atoms with Gasteiger partial charge < -0.3 is 0 Å². The Morgan fingerprint density at radius 3 is 1.38 bits per heavy atom. The van der Waals surface area contributed by atoms with Crippen molar-refractivity contribution in [2.75, 3.05) is 0 Å². The molecule has 0 aromatic heterocycles. The van der Waals surface area contributed by atoms with E-state index < -0.39 is 0 Å². The molecule has 0 aliphatic heterocycles. The molecule has 0 heterocycles. The number of thiol groups is 2. The molecule has 0 saturated heterocycles. The van der Waals surface area contributed by atoms with Crippen molar-refractivity contribution in [1.29, 1.82) is 0 Å². The van der Waals surface area contributed by atoms with Crippen molar-refractivity contribution in [3.63, 3.8) is 0 Å². The Kier molecular flexibility index (Phi) is 15.7. The summed E-state index contributed by atoms with van der Waals surface area (Å²) in [5.41, 5.74) is 1.40. The van der Waals surface area contributed by atoms with Gasteiger partial charge in [-0.3, -0.25) is 0 Å². The number of aryl methyl sites for hydroxylation is 1. The van der Waals surface area contributed by atoms with Crippen LogP contribution in [-0.2, 0) is 6.42 Å². The first-order valence-electron chi connectivity index (χ1n) is 11.2. The summed E-state index contributed by atoms with van der Waals surface area (Å²) >= 11 is 8.82. The van der Waals surface area contributed by atoms with Gasteiger partial charge in [0.05, 0.1) is 0 Å². The van der Waals surface area contributed by atoms with E-state index in [0.717, 1.165) is 9.79 Å². The minimum Gasteiger partial charge on any atom is -0.142 e. The van der Waals surface area contributed by atoms with Gasteiger partial charge in [0.25, 0.3) is 0 Å². The molecule has 0 saturated carbocycles. The summed E-state index contributed by atoms with van der Waals surface area (Å²) in [5, 5.41) is 0. The number of unbranched alkanes of at least 4 members (excludes halogenated alkanes) is 15. The van der Waals surface area contributed by atoms with Crippen molar-refractivity contribution >= 4 is 25.3 Å². The predicted octanol–water partition coefficient (Wildman–Crippen LogP) is 9.07. The molecule has 0 radical (unpaired) electrons. The van der Waals surface area contributed by atoms with Crippen LogP contribution in [0.4, 0.5) is 0 Å². The highest BCUT2D eigenvalue weighted by atomic mass is 32.1. The van der Waals surface area contributed by atoms with Crippen LogP contribution in [0.3, 0.4) is 0 Å². The summed E-state index contributed by atoms with van der Waals surface area (Å²) in [6.45, 7) is 2.29. The van der Waals surface area contributed by atoms with Crippen LogP contribution < -0.4 is 0 Å². The lowest BCUT2D eigenvalue weighted by molar-refractivity contribution is 0.529. The van der Waals surface area contributed by atoms with Gasteiger partial charge in [0.2, 0.25) is 0 Å². The molecule has 1 rings (SSSR count). The van der Waals surface area contributed by atoms with E-state index in [2.05, 4.69) is 50.4 Å². The summed E-state index contributed by atoms with van der Waals surface area (Å²) in [6, 6.07) is 6.41. The van der Waals surface area contributed by atoms with E-state index in [1.165, 1.54) is 115 Å². The van der Waals surface area contributed by atoms with Gasteiger partial charge in [-0.15, -0.1) is 25.3 Å². The van der Waals surface area contributed by atoms with Gasteiger partial charge >= 0.3 is 0 Å². The van der Waals surface area contributed by atoms with Gasteiger partial charge in [0, 0.05) is 9.79 Å². The minimum absolute atomic E-state index is 0.976. The zero-order valence-corrected chi connectivity index (χ0v) is 18.9. The van der Waals surface area contributed by atoms with E-state index in [1.807, 2.05) is 0 Å². The highest BCUT2D eigenvalue weighted by Gasteiger charge is 1.98. The molecule has 0 bridgehead atoms. The molecule has 0 spiro atoms. The standard InChI is InChI=1S/C24H42S2/c1-2-3-4-5-6-7-8-9-10-11-12-13-14-15-16-17-18-22-19-20-23(25)24(26)21-22/h19-21,25-26H,2-18H2,1H3. The van der Waals surface area contributed by atoms with Crippen molar-refractivity contribution in [2.24, 2.45) is 0 Å². The Morgan fingerprint density at radius 2 is 0.962 bits per heavy atom. The normalized spacial score (nSPS) is 11.2. The Bertz CT molecular complexity index is 442. The molecule has 2 heteroatoms. The fourth-order valence-electron chi connectivity index (χ4n) is 3.60. The molecule has 0 unspecified atom stereocenters. The maximum Gasteiger partial charge on any atom is 0.0176 e. The largest absolute Gasteiger partial charge is 0.142 e. The third-order valence-corrected chi connectivity index (χ3v) is 6.30. The molecular weight excluding hydrogens is 352 g/mol. The zero-order chi connectivity index (χ0) is 18.9. The summed E-state index contributed by atoms with van der Waals surface area (Å²) in [7, 11) is 0. The Labute approximate surface area is 174 Å². The summed E-state index contributed by atoms with van der Waals surface area (Å²) in [6.07, 6.45) is 24.0. The van der Waals surface area contributed by atoms with Crippen LogP contribution in [-0.4, -0.2) is 0 Å². The first-order chi connectivity index (χ1) is 12.7. The molecule has 26 heavy (non-hydrogen) atoms. The highest BCUT2D eigenvalue weighted by Crippen LogP contribution is 2.21. The SMILES string of the molecule is CCCCCCCCCCCCCCCCCCc1ccc(S)c(S)c1. The molecule has 1 aromatic carbocycles. The maximum atomic E-state index is 4.45. The number of rotatable bonds is 17. The highest BCUT2D eigenvalue weighted by molar-refractivity contribution is 7.83.